The van der Waals surface area contributed by atoms with Crippen LogP contribution in [-0.2, 0) is 16.0 Å². The number of hydrogen-bond acceptors (Lipinski definition) is 3. The normalized spacial score (nSPS) is 11.3. The summed E-state index contributed by atoms with van der Waals surface area (Å²) in [5.41, 5.74) is 1.20. The second kappa shape index (κ2) is 8.75. The number of aryl methyl sites for hydroxylation is 1. The van der Waals surface area contributed by atoms with Gasteiger partial charge >= 0.3 is 0 Å². The van der Waals surface area contributed by atoms with E-state index >= 15 is 0 Å². The number of benzene rings is 1. The third kappa shape index (κ3) is 6.09. The van der Waals surface area contributed by atoms with E-state index in [1.807, 2.05) is 36.4 Å². The van der Waals surface area contributed by atoms with Crippen molar-refractivity contribution in [2.45, 2.75) is 32.2 Å². The minimum absolute atomic E-state index is 0.0209. The first kappa shape index (κ1) is 16.7. The number of hydrogen-bond donors (Lipinski definition) is 1. The fourth-order valence-electron chi connectivity index (χ4n) is 1.99. The Kier molecular flexibility index (Phi) is 6.96. The second-order valence-electron chi connectivity index (χ2n) is 4.98. The fraction of sp³-hybridized carbons (Fsp3) is 0.438. The molecule has 0 aliphatic heterocycles. The average molecular weight is 287 g/mol. The summed E-state index contributed by atoms with van der Waals surface area (Å²) in [4.78, 5) is 24.9. The summed E-state index contributed by atoms with van der Waals surface area (Å²) >= 11 is 0. The molecular weight excluding hydrogens is 266 g/mol. The van der Waals surface area contributed by atoms with Crippen molar-refractivity contribution in [3.8, 4) is 6.07 Å². The van der Waals surface area contributed by atoms with Gasteiger partial charge in [0.05, 0.1) is 6.07 Å². The highest BCUT2D eigenvalue weighted by molar-refractivity contribution is 5.87. The number of nitrogens with one attached hydrogen (secondary N) is 1. The van der Waals surface area contributed by atoms with Crippen molar-refractivity contribution in [3.63, 3.8) is 0 Å². The van der Waals surface area contributed by atoms with E-state index in [-0.39, 0.29) is 18.4 Å². The van der Waals surface area contributed by atoms with Crippen LogP contribution in [0.5, 0.6) is 0 Å². The molecule has 1 aromatic carbocycles. The largest absolute Gasteiger partial charge is 0.345 e. The van der Waals surface area contributed by atoms with E-state index in [9.17, 15) is 9.59 Å². The molecule has 0 bridgehead atoms. The van der Waals surface area contributed by atoms with E-state index < -0.39 is 6.04 Å². The van der Waals surface area contributed by atoms with E-state index in [1.54, 1.807) is 14.0 Å². The van der Waals surface area contributed by atoms with Gasteiger partial charge in [0.25, 0.3) is 0 Å². The van der Waals surface area contributed by atoms with Gasteiger partial charge in [-0.15, -0.1) is 0 Å². The van der Waals surface area contributed by atoms with Gasteiger partial charge < -0.3 is 10.2 Å². The molecule has 1 unspecified atom stereocenters. The number of nitrogens with zero attached hydrogens (tertiary/aromatic N) is 2. The van der Waals surface area contributed by atoms with Gasteiger partial charge in [-0.3, -0.25) is 9.59 Å². The van der Waals surface area contributed by atoms with Gasteiger partial charge in [0.1, 0.15) is 12.6 Å². The number of carbonyl (C=O) groups excluding carboxylic acids is 2. The zero-order chi connectivity index (χ0) is 15.7. The van der Waals surface area contributed by atoms with Crippen molar-refractivity contribution in [1.82, 2.24) is 10.2 Å². The van der Waals surface area contributed by atoms with E-state index in [4.69, 9.17) is 5.26 Å². The molecule has 5 nitrogen and oxygen atoms in total. The lowest BCUT2D eigenvalue weighted by molar-refractivity contribution is -0.134. The van der Waals surface area contributed by atoms with E-state index in [0.717, 1.165) is 12.8 Å². The summed E-state index contributed by atoms with van der Waals surface area (Å²) < 4.78 is 0. The Hall–Kier alpha value is -2.35. The summed E-state index contributed by atoms with van der Waals surface area (Å²) in [5, 5.41) is 11.2. The molecule has 112 valence electrons. The van der Waals surface area contributed by atoms with Crippen LogP contribution in [0.15, 0.2) is 30.3 Å². The number of likely N-dealkylation sites (N-methyl/N-ethyl adjacent to an activating group) is 1. The zero-order valence-electron chi connectivity index (χ0n) is 12.5. The molecular formula is C16H21N3O2. The van der Waals surface area contributed by atoms with E-state index in [2.05, 4.69) is 5.32 Å². The summed E-state index contributed by atoms with van der Waals surface area (Å²) in [6, 6.07) is 11.3. The molecule has 0 aliphatic rings. The van der Waals surface area contributed by atoms with E-state index in [0.29, 0.717) is 6.42 Å². The lowest BCUT2D eigenvalue weighted by Gasteiger charge is -2.19. The minimum Gasteiger partial charge on any atom is -0.345 e. The summed E-state index contributed by atoms with van der Waals surface area (Å²) in [6.45, 7) is 1.65. The van der Waals surface area contributed by atoms with Crippen LogP contribution in [0.2, 0.25) is 0 Å². The van der Waals surface area contributed by atoms with Gasteiger partial charge in [0, 0.05) is 13.5 Å². The van der Waals surface area contributed by atoms with Crippen molar-refractivity contribution in [2.24, 2.45) is 0 Å². The molecule has 0 saturated carbocycles. The Balaban J connectivity index is 2.30. The molecule has 2 amide bonds. The summed E-state index contributed by atoms with van der Waals surface area (Å²) in [7, 11) is 1.55. The van der Waals surface area contributed by atoms with Gasteiger partial charge in [0.15, 0.2) is 0 Å². The molecule has 1 atom stereocenters. The molecule has 1 rings (SSSR count). The highest BCUT2D eigenvalue weighted by Crippen LogP contribution is 2.04. The van der Waals surface area contributed by atoms with Crippen LogP contribution in [-0.4, -0.2) is 36.3 Å². The third-order valence-electron chi connectivity index (χ3n) is 3.14. The van der Waals surface area contributed by atoms with Crippen molar-refractivity contribution in [2.75, 3.05) is 13.6 Å². The maximum Gasteiger partial charge on any atom is 0.245 e. The number of nitriles is 1. The van der Waals surface area contributed by atoms with Crippen LogP contribution >= 0.6 is 0 Å². The maximum absolute atomic E-state index is 11.8. The lowest BCUT2D eigenvalue weighted by atomic mass is 10.1. The van der Waals surface area contributed by atoms with Gasteiger partial charge in [-0.1, -0.05) is 30.3 Å². The highest BCUT2D eigenvalue weighted by Gasteiger charge is 2.18. The molecule has 0 heterocycles. The fourth-order valence-corrected chi connectivity index (χ4v) is 1.99. The molecule has 1 aromatic rings. The lowest BCUT2D eigenvalue weighted by Crippen LogP contribution is -2.45. The Morgan fingerprint density at radius 3 is 2.62 bits per heavy atom. The molecule has 0 aliphatic carbocycles. The van der Waals surface area contributed by atoms with Gasteiger partial charge in [-0.25, -0.2) is 0 Å². The molecule has 0 fully saturated rings. The van der Waals surface area contributed by atoms with Crippen LogP contribution in [0.25, 0.3) is 0 Å². The predicted octanol–water partition coefficient (Wildman–Crippen LogP) is 1.50. The van der Waals surface area contributed by atoms with E-state index in [1.165, 1.54) is 10.5 Å². The van der Waals surface area contributed by atoms with Gasteiger partial charge in [0.2, 0.25) is 11.8 Å². The first-order chi connectivity index (χ1) is 10.0. The van der Waals surface area contributed by atoms with Crippen LogP contribution < -0.4 is 5.32 Å². The quantitative estimate of drug-likeness (QED) is 0.772. The average Bonchev–Trinajstić information content (AvgIpc) is 2.47. The van der Waals surface area contributed by atoms with Crippen molar-refractivity contribution in [3.05, 3.63) is 35.9 Å². The molecule has 0 saturated heterocycles. The van der Waals surface area contributed by atoms with Gasteiger partial charge in [-0.2, -0.15) is 5.26 Å². The third-order valence-corrected chi connectivity index (χ3v) is 3.14. The Morgan fingerprint density at radius 2 is 2.00 bits per heavy atom. The standard InChI is InChI=1S/C16H21N3O2/c1-13(16(21)19(2)12-11-17)18-15(20)10-6-9-14-7-4-3-5-8-14/h3-5,7-8,13H,6,9-10,12H2,1-2H3,(H,18,20). The Bertz CT molecular complexity index is 508. The van der Waals surface area contributed by atoms with Gasteiger partial charge in [-0.05, 0) is 25.3 Å². The summed E-state index contributed by atoms with van der Waals surface area (Å²) in [5.74, 6) is -0.398. The first-order valence-corrected chi connectivity index (χ1v) is 6.99. The van der Waals surface area contributed by atoms with Crippen LogP contribution in [0.4, 0.5) is 0 Å². The predicted molar refractivity (Wildman–Crippen MR) is 80.2 cm³/mol. The number of amides is 2. The minimum atomic E-state index is -0.604. The van der Waals surface area contributed by atoms with Crippen LogP contribution in [0, 0.1) is 11.3 Å². The van der Waals surface area contributed by atoms with Crippen molar-refractivity contribution < 1.29 is 9.59 Å². The van der Waals surface area contributed by atoms with Crippen LogP contribution in [0.3, 0.4) is 0 Å². The number of rotatable bonds is 7. The molecule has 1 N–H and O–H groups in total. The zero-order valence-corrected chi connectivity index (χ0v) is 12.5. The number of carbonyl (C=O) groups is 2. The molecule has 0 spiro atoms. The van der Waals surface area contributed by atoms with Crippen LogP contribution in [0.1, 0.15) is 25.3 Å². The summed E-state index contributed by atoms with van der Waals surface area (Å²) in [6.07, 6.45) is 1.96. The SMILES string of the molecule is CC(NC(=O)CCCc1ccccc1)C(=O)N(C)CC#N. The monoisotopic (exact) mass is 287 g/mol. The second-order valence-corrected chi connectivity index (χ2v) is 4.98. The Labute approximate surface area is 125 Å². The smallest absolute Gasteiger partial charge is 0.245 e. The molecule has 0 radical (unpaired) electrons. The maximum atomic E-state index is 11.8. The molecule has 5 heteroatoms. The molecule has 21 heavy (non-hydrogen) atoms. The Morgan fingerprint density at radius 1 is 1.33 bits per heavy atom. The van der Waals surface area contributed by atoms with Crippen molar-refractivity contribution >= 4 is 11.8 Å². The molecule has 0 aromatic heterocycles. The first-order valence-electron chi connectivity index (χ1n) is 6.99. The topological polar surface area (TPSA) is 73.2 Å². The highest BCUT2D eigenvalue weighted by atomic mass is 16.2. The van der Waals surface area contributed by atoms with Crippen molar-refractivity contribution in [1.29, 1.82) is 5.26 Å².